The van der Waals surface area contributed by atoms with E-state index in [4.69, 9.17) is 5.11 Å². The van der Waals surface area contributed by atoms with Gasteiger partial charge in [0.2, 0.25) is 5.91 Å². The molecule has 108 valence electrons. The van der Waals surface area contributed by atoms with E-state index in [0.717, 1.165) is 17.1 Å². The van der Waals surface area contributed by atoms with E-state index >= 15 is 0 Å². The van der Waals surface area contributed by atoms with Gasteiger partial charge in [0, 0.05) is 30.2 Å². The predicted octanol–water partition coefficient (Wildman–Crippen LogP) is 2.49. The monoisotopic (exact) mass is 293 g/mol. The third kappa shape index (κ3) is 4.27. The lowest BCUT2D eigenvalue weighted by atomic mass is 9.98. The predicted molar refractivity (Wildman–Crippen MR) is 78.7 cm³/mol. The fourth-order valence-electron chi connectivity index (χ4n) is 2.34. The number of amides is 1. The highest BCUT2D eigenvalue weighted by molar-refractivity contribution is 7.99. The molecule has 0 saturated carbocycles. The molecule has 0 radical (unpaired) electrons. The van der Waals surface area contributed by atoms with Gasteiger partial charge >= 0.3 is 5.97 Å². The molecule has 1 aliphatic rings. The number of rotatable bonds is 5. The van der Waals surface area contributed by atoms with Gasteiger partial charge in [0.25, 0.3) is 0 Å². The lowest BCUT2D eigenvalue weighted by molar-refractivity contribution is -0.145. The maximum absolute atomic E-state index is 12.1. The minimum absolute atomic E-state index is 0.0689. The van der Waals surface area contributed by atoms with Gasteiger partial charge in [0.1, 0.15) is 0 Å². The first kappa shape index (κ1) is 14.9. The zero-order chi connectivity index (χ0) is 14.4. The number of carboxylic acids is 1. The normalized spacial score (nSPS) is 18.8. The fourth-order valence-corrected chi connectivity index (χ4v) is 3.20. The zero-order valence-corrected chi connectivity index (χ0v) is 12.1. The van der Waals surface area contributed by atoms with Gasteiger partial charge in [-0.05, 0) is 25.0 Å². The Hall–Kier alpha value is -1.49. The molecule has 2 rings (SSSR count). The van der Waals surface area contributed by atoms with Crippen molar-refractivity contribution in [1.82, 2.24) is 4.90 Å². The molecule has 1 atom stereocenters. The van der Waals surface area contributed by atoms with E-state index in [-0.39, 0.29) is 5.91 Å². The molecule has 4 nitrogen and oxygen atoms in total. The number of piperidine rings is 1. The van der Waals surface area contributed by atoms with Crippen molar-refractivity contribution in [2.45, 2.75) is 24.2 Å². The van der Waals surface area contributed by atoms with Crippen molar-refractivity contribution in [1.29, 1.82) is 0 Å². The topological polar surface area (TPSA) is 57.6 Å². The highest BCUT2D eigenvalue weighted by Crippen LogP contribution is 2.20. The van der Waals surface area contributed by atoms with Crippen molar-refractivity contribution in [2.24, 2.45) is 5.92 Å². The maximum Gasteiger partial charge on any atom is 0.308 e. The number of likely N-dealkylation sites (tertiary alicyclic amines) is 1. The lowest BCUT2D eigenvalue weighted by Crippen LogP contribution is -2.42. The van der Waals surface area contributed by atoms with Gasteiger partial charge in [0.05, 0.1) is 5.92 Å². The van der Waals surface area contributed by atoms with Crippen LogP contribution in [-0.4, -0.2) is 40.7 Å². The highest BCUT2D eigenvalue weighted by Gasteiger charge is 2.27. The molecule has 0 aliphatic carbocycles. The summed E-state index contributed by atoms with van der Waals surface area (Å²) in [5.74, 6) is -0.383. The average Bonchev–Trinajstić information content (AvgIpc) is 2.48. The summed E-state index contributed by atoms with van der Waals surface area (Å²) in [6.07, 6.45) is 1.93. The Kier molecular flexibility index (Phi) is 5.47. The second-order valence-electron chi connectivity index (χ2n) is 4.93. The van der Waals surface area contributed by atoms with Crippen molar-refractivity contribution in [3.05, 3.63) is 30.3 Å². The van der Waals surface area contributed by atoms with E-state index in [1.54, 1.807) is 16.7 Å². The summed E-state index contributed by atoms with van der Waals surface area (Å²) in [6.45, 7) is 1.06. The second kappa shape index (κ2) is 7.33. The van der Waals surface area contributed by atoms with Gasteiger partial charge in [-0.2, -0.15) is 0 Å². The van der Waals surface area contributed by atoms with Crippen LogP contribution in [0.3, 0.4) is 0 Å². The van der Waals surface area contributed by atoms with Crippen LogP contribution in [0, 0.1) is 5.92 Å². The summed E-state index contributed by atoms with van der Waals surface area (Å²) in [5.41, 5.74) is 0. The van der Waals surface area contributed by atoms with Crippen molar-refractivity contribution in [2.75, 3.05) is 18.8 Å². The molecule has 1 fully saturated rings. The molecule has 1 aromatic rings. The molecule has 1 aliphatic heterocycles. The Bertz CT molecular complexity index is 463. The van der Waals surface area contributed by atoms with Crippen LogP contribution < -0.4 is 0 Å². The van der Waals surface area contributed by atoms with Crippen LogP contribution in [0.2, 0.25) is 0 Å². The van der Waals surface area contributed by atoms with E-state index in [1.165, 1.54) is 0 Å². The Morgan fingerprint density at radius 1 is 1.30 bits per heavy atom. The molecule has 1 N–H and O–H groups in total. The molecule has 1 amide bonds. The third-order valence-corrected chi connectivity index (χ3v) is 4.46. The molecule has 1 aromatic carbocycles. The third-order valence-electron chi connectivity index (χ3n) is 3.45. The standard InChI is InChI=1S/C15H19NO3S/c17-14(8-10-20-13-6-2-1-3-7-13)16-9-4-5-12(11-16)15(18)19/h1-3,6-7,12H,4-5,8-11H2,(H,18,19)/t12-/m1/s1. The van der Waals surface area contributed by atoms with Crippen molar-refractivity contribution >= 4 is 23.6 Å². The Labute approximate surface area is 123 Å². The summed E-state index contributed by atoms with van der Waals surface area (Å²) in [6, 6.07) is 9.97. The molecular formula is C15H19NO3S. The van der Waals surface area contributed by atoms with Gasteiger partial charge in [-0.1, -0.05) is 18.2 Å². The zero-order valence-electron chi connectivity index (χ0n) is 11.3. The molecule has 0 unspecified atom stereocenters. The van der Waals surface area contributed by atoms with E-state index in [1.807, 2.05) is 30.3 Å². The second-order valence-corrected chi connectivity index (χ2v) is 6.10. The van der Waals surface area contributed by atoms with Crippen LogP contribution in [0.1, 0.15) is 19.3 Å². The quantitative estimate of drug-likeness (QED) is 0.847. The number of carboxylic acid groups (broad SMARTS) is 1. The van der Waals surface area contributed by atoms with E-state index in [0.29, 0.717) is 25.9 Å². The first-order chi connectivity index (χ1) is 9.66. The summed E-state index contributed by atoms with van der Waals surface area (Å²) < 4.78 is 0. The van der Waals surface area contributed by atoms with Crippen molar-refractivity contribution in [3.8, 4) is 0 Å². The van der Waals surface area contributed by atoms with Gasteiger partial charge < -0.3 is 10.0 Å². The molecule has 1 heterocycles. The summed E-state index contributed by atoms with van der Waals surface area (Å²) >= 11 is 1.66. The molecule has 0 spiro atoms. The summed E-state index contributed by atoms with van der Waals surface area (Å²) in [7, 11) is 0. The minimum atomic E-state index is -0.791. The first-order valence-corrected chi connectivity index (χ1v) is 7.84. The number of nitrogens with zero attached hydrogens (tertiary/aromatic N) is 1. The Morgan fingerprint density at radius 2 is 2.05 bits per heavy atom. The van der Waals surface area contributed by atoms with Gasteiger partial charge in [0.15, 0.2) is 0 Å². The number of aliphatic carboxylic acids is 1. The van der Waals surface area contributed by atoms with Crippen molar-refractivity contribution < 1.29 is 14.7 Å². The number of thioether (sulfide) groups is 1. The van der Waals surface area contributed by atoms with Crippen LogP contribution in [0.15, 0.2) is 35.2 Å². The smallest absolute Gasteiger partial charge is 0.308 e. The van der Waals surface area contributed by atoms with E-state index < -0.39 is 11.9 Å². The molecular weight excluding hydrogens is 274 g/mol. The summed E-state index contributed by atoms with van der Waals surface area (Å²) in [4.78, 5) is 25.9. The van der Waals surface area contributed by atoms with Crippen LogP contribution in [0.25, 0.3) is 0 Å². The van der Waals surface area contributed by atoms with Crippen LogP contribution in [-0.2, 0) is 9.59 Å². The number of hydrogen-bond acceptors (Lipinski definition) is 3. The van der Waals surface area contributed by atoms with Gasteiger partial charge in [-0.25, -0.2) is 0 Å². The average molecular weight is 293 g/mol. The van der Waals surface area contributed by atoms with Crippen LogP contribution in [0.4, 0.5) is 0 Å². The highest BCUT2D eigenvalue weighted by atomic mass is 32.2. The maximum atomic E-state index is 12.1. The van der Waals surface area contributed by atoms with E-state index in [9.17, 15) is 9.59 Å². The van der Waals surface area contributed by atoms with Gasteiger partial charge in [-0.15, -0.1) is 11.8 Å². The molecule has 20 heavy (non-hydrogen) atoms. The minimum Gasteiger partial charge on any atom is -0.481 e. The molecule has 5 heteroatoms. The van der Waals surface area contributed by atoms with E-state index in [2.05, 4.69) is 0 Å². The number of carbonyl (C=O) groups is 2. The lowest BCUT2D eigenvalue weighted by Gasteiger charge is -2.30. The number of hydrogen-bond donors (Lipinski definition) is 1. The molecule has 0 bridgehead atoms. The van der Waals surface area contributed by atoms with Gasteiger partial charge in [-0.3, -0.25) is 9.59 Å². The Balaban J connectivity index is 1.75. The fraction of sp³-hybridized carbons (Fsp3) is 0.467. The first-order valence-electron chi connectivity index (χ1n) is 6.85. The van der Waals surface area contributed by atoms with Crippen LogP contribution in [0.5, 0.6) is 0 Å². The number of benzene rings is 1. The SMILES string of the molecule is O=C(O)[C@@H]1CCCN(C(=O)CCSc2ccccc2)C1. The summed E-state index contributed by atoms with van der Waals surface area (Å²) in [5, 5.41) is 9.02. The van der Waals surface area contributed by atoms with Crippen LogP contribution >= 0.6 is 11.8 Å². The number of carbonyl (C=O) groups excluding carboxylic acids is 1. The Morgan fingerprint density at radius 3 is 2.75 bits per heavy atom. The molecule has 1 saturated heterocycles. The van der Waals surface area contributed by atoms with Crippen molar-refractivity contribution in [3.63, 3.8) is 0 Å². The largest absolute Gasteiger partial charge is 0.481 e. The molecule has 0 aromatic heterocycles.